The third-order valence-corrected chi connectivity index (χ3v) is 3.38. The number of ether oxygens (including phenoxy) is 1. The first-order chi connectivity index (χ1) is 10.2. The molecule has 0 fully saturated rings. The van der Waals surface area contributed by atoms with Gasteiger partial charge in [0.2, 0.25) is 0 Å². The second kappa shape index (κ2) is 7.79. The second-order valence-electron chi connectivity index (χ2n) is 5.17. The van der Waals surface area contributed by atoms with Crippen LogP contribution in [0.4, 0.5) is 0 Å². The molecule has 1 aromatic heterocycles. The summed E-state index contributed by atoms with van der Waals surface area (Å²) >= 11 is 0. The number of pyridine rings is 1. The summed E-state index contributed by atoms with van der Waals surface area (Å²) < 4.78 is 5.52. The van der Waals surface area contributed by atoms with E-state index in [-0.39, 0.29) is 0 Å². The van der Waals surface area contributed by atoms with Gasteiger partial charge in [0.15, 0.2) is 0 Å². The topological polar surface area (TPSA) is 34.2 Å². The first-order valence-electron chi connectivity index (χ1n) is 7.63. The van der Waals surface area contributed by atoms with Crippen molar-refractivity contribution in [3.8, 4) is 16.9 Å². The Labute approximate surface area is 127 Å². The molecule has 0 radical (unpaired) electrons. The van der Waals surface area contributed by atoms with Crippen molar-refractivity contribution in [1.82, 2.24) is 10.3 Å². The van der Waals surface area contributed by atoms with E-state index in [1.807, 2.05) is 19.2 Å². The van der Waals surface area contributed by atoms with Crippen molar-refractivity contribution in [2.45, 2.75) is 33.7 Å². The van der Waals surface area contributed by atoms with Crippen LogP contribution < -0.4 is 10.1 Å². The Morgan fingerprint density at radius 1 is 1.14 bits per heavy atom. The summed E-state index contributed by atoms with van der Waals surface area (Å²) in [4.78, 5) is 4.27. The highest BCUT2D eigenvalue weighted by Gasteiger charge is 2.05. The standard InChI is InChI=1S/C18H24N2O/c1-4-8-19-11-15-6-7-18(14(3)9-15)16-10-17(21-5-2)13-20-12-16/h6-7,9-10,12-13,19H,4-5,8,11H2,1-3H3. The van der Waals surface area contributed by atoms with E-state index in [0.29, 0.717) is 6.61 Å². The molecule has 2 rings (SSSR count). The van der Waals surface area contributed by atoms with Crippen molar-refractivity contribution in [1.29, 1.82) is 0 Å². The molecule has 2 aromatic rings. The number of nitrogens with zero attached hydrogens (tertiary/aromatic N) is 1. The molecular weight excluding hydrogens is 260 g/mol. The molecule has 0 unspecified atom stereocenters. The van der Waals surface area contributed by atoms with Crippen molar-refractivity contribution in [2.24, 2.45) is 0 Å². The molecule has 112 valence electrons. The number of aryl methyl sites for hydroxylation is 1. The molecule has 0 saturated carbocycles. The fraction of sp³-hybridized carbons (Fsp3) is 0.389. The Balaban J connectivity index is 2.18. The van der Waals surface area contributed by atoms with Crippen LogP contribution in [0.25, 0.3) is 11.1 Å². The molecule has 1 heterocycles. The Kier molecular flexibility index (Phi) is 5.76. The van der Waals surface area contributed by atoms with Crippen molar-refractivity contribution >= 4 is 0 Å². The van der Waals surface area contributed by atoms with Crippen molar-refractivity contribution < 1.29 is 4.74 Å². The number of nitrogens with one attached hydrogen (secondary N) is 1. The second-order valence-corrected chi connectivity index (χ2v) is 5.17. The monoisotopic (exact) mass is 284 g/mol. The minimum Gasteiger partial charge on any atom is -0.492 e. The summed E-state index contributed by atoms with van der Waals surface area (Å²) in [6.07, 6.45) is 4.80. The van der Waals surface area contributed by atoms with E-state index in [9.17, 15) is 0 Å². The molecule has 0 aliphatic carbocycles. The average molecular weight is 284 g/mol. The van der Waals surface area contributed by atoms with E-state index >= 15 is 0 Å². The van der Waals surface area contributed by atoms with Gasteiger partial charge in [0.1, 0.15) is 5.75 Å². The maximum absolute atomic E-state index is 5.52. The molecule has 0 aliphatic rings. The maximum Gasteiger partial charge on any atom is 0.138 e. The van der Waals surface area contributed by atoms with Crippen LogP contribution in [0.3, 0.4) is 0 Å². The van der Waals surface area contributed by atoms with Crippen LogP contribution in [0.5, 0.6) is 5.75 Å². The van der Waals surface area contributed by atoms with Crippen molar-refractivity contribution in [3.05, 3.63) is 47.8 Å². The summed E-state index contributed by atoms with van der Waals surface area (Å²) in [6.45, 7) is 8.95. The Morgan fingerprint density at radius 2 is 2.00 bits per heavy atom. The molecule has 1 N–H and O–H groups in total. The van der Waals surface area contributed by atoms with Gasteiger partial charge in [-0.25, -0.2) is 0 Å². The lowest BCUT2D eigenvalue weighted by atomic mass is 9.99. The van der Waals surface area contributed by atoms with E-state index < -0.39 is 0 Å². The minimum atomic E-state index is 0.659. The van der Waals surface area contributed by atoms with Gasteiger partial charge in [-0.05, 0) is 49.6 Å². The van der Waals surface area contributed by atoms with Gasteiger partial charge >= 0.3 is 0 Å². The summed E-state index contributed by atoms with van der Waals surface area (Å²) in [6, 6.07) is 8.64. The summed E-state index contributed by atoms with van der Waals surface area (Å²) in [5.41, 5.74) is 4.90. The normalized spacial score (nSPS) is 10.6. The molecule has 1 aromatic carbocycles. The lowest BCUT2D eigenvalue weighted by molar-refractivity contribution is 0.339. The highest BCUT2D eigenvalue weighted by molar-refractivity contribution is 5.67. The molecule has 0 atom stereocenters. The number of hydrogen-bond acceptors (Lipinski definition) is 3. The average Bonchev–Trinajstić information content (AvgIpc) is 2.48. The van der Waals surface area contributed by atoms with Crippen LogP contribution in [0.15, 0.2) is 36.7 Å². The first-order valence-corrected chi connectivity index (χ1v) is 7.63. The number of aromatic nitrogens is 1. The molecule has 0 bridgehead atoms. The molecule has 0 saturated heterocycles. The molecule has 3 heteroatoms. The summed E-state index contributed by atoms with van der Waals surface area (Å²) in [5.74, 6) is 0.822. The number of rotatable bonds is 7. The smallest absolute Gasteiger partial charge is 0.138 e. The predicted octanol–water partition coefficient (Wildman–Crippen LogP) is 3.96. The van der Waals surface area contributed by atoms with Gasteiger partial charge in [0.05, 0.1) is 12.8 Å². The van der Waals surface area contributed by atoms with Gasteiger partial charge in [-0.15, -0.1) is 0 Å². The van der Waals surface area contributed by atoms with E-state index in [1.165, 1.54) is 16.7 Å². The highest BCUT2D eigenvalue weighted by Crippen LogP contribution is 2.26. The van der Waals surface area contributed by atoms with Gasteiger partial charge in [-0.2, -0.15) is 0 Å². The quantitative estimate of drug-likeness (QED) is 0.782. The summed E-state index contributed by atoms with van der Waals surface area (Å²) in [5, 5.41) is 3.43. The first kappa shape index (κ1) is 15.5. The largest absolute Gasteiger partial charge is 0.492 e. The van der Waals surface area contributed by atoms with Crippen molar-refractivity contribution in [3.63, 3.8) is 0 Å². The highest BCUT2D eigenvalue weighted by atomic mass is 16.5. The van der Waals surface area contributed by atoms with Gasteiger partial charge < -0.3 is 10.1 Å². The van der Waals surface area contributed by atoms with Gasteiger partial charge in [-0.1, -0.05) is 25.1 Å². The van der Waals surface area contributed by atoms with Gasteiger partial charge in [0.25, 0.3) is 0 Å². The third-order valence-electron chi connectivity index (χ3n) is 3.38. The van der Waals surface area contributed by atoms with Crippen LogP contribution in [0, 0.1) is 6.92 Å². The lowest BCUT2D eigenvalue weighted by Crippen LogP contribution is -2.13. The molecular formula is C18H24N2O. The number of hydrogen-bond donors (Lipinski definition) is 1. The Hall–Kier alpha value is -1.87. The molecule has 3 nitrogen and oxygen atoms in total. The fourth-order valence-electron chi connectivity index (χ4n) is 2.38. The zero-order valence-electron chi connectivity index (χ0n) is 13.1. The van der Waals surface area contributed by atoms with Crippen LogP contribution in [-0.2, 0) is 6.54 Å². The maximum atomic E-state index is 5.52. The van der Waals surface area contributed by atoms with E-state index in [0.717, 1.165) is 30.8 Å². The molecule has 0 amide bonds. The van der Waals surface area contributed by atoms with E-state index in [4.69, 9.17) is 4.74 Å². The SMILES string of the molecule is CCCNCc1ccc(-c2cncc(OCC)c2)c(C)c1. The third kappa shape index (κ3) is 4.30. The van der Waals surface area contributed by atoms with E-state index in [2.05, 4.69) is 42.3 Å². The van der Waals surface area contributed by atoms with Crippen molar-refractivity contribution in [2.75, 3.05) is 13.2 Å². The molecule has 21 heavy (non-hydrogen) atoms. The van der Waals surface area contributed by atoms with Gasteiger partial charge in [0, 0.05) is 18.3 Å². The zero-order valence-corrected chi connectivity index (χ0v) is 13.1. The molecule has 0 aliphatic heterocycles. The predicted molar refractivity (Wildman–Crippen MR) is 87.6 cm³/mol. The van der Waals surface area contributed by atoms with Crippen LogP contribution >= 0.6 is 0 Å². The Morgan fingerprint density at radius 3 is 2.71 bits per heavy atom. The van der Waals surface area contributed by atoms with Crippen LogP contribution in [0.1, 0.15) is 31.4 Å². The Bertz CT molecular complexity index is 581. The minimum absolute atomic E-state index is 0.659. The fourth-order valence-corrected chi connectivity index (χ4v) is 2.38. The van der Waals surface area contributed by atoms with Crippen LogP contribution in [-0.4, -0.2) is 18.1 Å². The van der Waals surface area contributed by atoms with E-state index in [1.54, 1.807) is 6.20 Å². The van der Waals surface area contributed by atoms with Crippen LogP contribution in [0.2, 0.25) is 0 Å². The van der Waals surface area contributed by atoms with Gasteiger partial charge in [-0.3, -0.25) is 4.98 Å². The lowest BCUT2D eigenvalue weighted by Gasteiger charge is -2.10. The molecule has 0 spiro atoms. The summed E-state index contributed by atoms with van der Waals surface area (Å²) in [7, 11) is 0. The zero-order chi connectivity index (χ0) is 15.1. The number of benzene rings is 1.